The van der Waals surface area contributed by atoms with Crippen LogP contribution in [0.1, 0.15) is 19.8 Å². The number of likely N-dealkylation sites (tertiary alicyclic amines) is 1. The molecule has 0 saturated carbocycles. The molecule has 2 aromatic rings. The molecule has 0 aromatic heterocycles. The van der Waals surface area contributed by atoms with Gasteiger partial charge in [-0.3, -0.25) is 4.90 Å². The molecule has 1 fully saturated rings. The second-order valence-electron chi connectivity index (χ2n) is 5.45. The predicted molar refractivity (Wildman–Crippen MR) is 79.7 cm³/mol. The van der Waals surface area contributed by atoms with Gasteiger partial charge in [-0.2, -0.15) is 0 Å². The average Bonchev–Trinajstić information content (AvgIpc) is 2.91. The summed E-state index contributed by atoms with van der Waals surface area (Å²) in [6, 6.07) is 14.7. The summed E-state index contributed by atoms with van der Waals surface area (Å²) < 4.78 is 6.04. The molecule has 100 valence electrons. The Bertz CT molecular complexity index is 546. The highest BCUT2D eigenvalue weighted by Crippen LogP contribution is 2.21. The molecule has 1 aliphatic rings. The minimum atomic E-state index is 0.249. The van der Waals surface area contributed by atoms with Crippen molar-refractivity contribution in [3.63, 3.8) is 0 Å². The fraction of sp³-hybridized carbons (Fsp3) is 0.412. The molecule has 2 aromatic carbocycles. The third-order valence-corrected chi connectivity index (χ3v) is 3.77. The maximum atomic E-state index is 6.04. The van der Waals surface area contributed by atoms with Gasteiger partial charge in [0.05, 0.1) is 0 Å². The number of rotatable bonds is 4. The molecule has 0 amide bonds. The molecule has 19 heavy (non-hydrogen) atoms. The largest absolute Gasteiger partial charge is 0.489 e. The monoisotopic (exact) mass is 255 g/mol. The minimum absolute atomic E-state index is 0.249. The molecule has 2 nitrogen and oxygen atoms in total. The molecule has 1 saturated heterocycles. The summed E-state index contributed by atoms with van der Waals surface area (Å²) in [5.74, 6) is 0.977. The molecule has 3 rings (SSSR count). The molecule has 1 heterocycles. The van der Waals surface area contributed by atoms with Crippen LogP contribution in [0.5, 0.6) is 5.75 Å². The number of benzene rings is 2. The van der Waals surface area contributed by atoms with E-state index in [1.807, 2.05) is 0 Å². The van der Waals surface area contributed by atoms with E-state index in [0.29, 0.717) is 0 Å². The second-order valence-corrected chi connectivity index (χ2v) is 5.45. The number of fused-ring (bicyclic) bond motifs is 1. The fourth-order valence-electron chi connectivity index (χ4n) is 2.84. The third kappa shape index (κ3) is 3.07. The van der Waals surface area contributed by atoms with Crippen LogP contribution in [0.15, 0.2) is 42.5 Å². The molecule has 0 aliphatic carbocycles. The molecule has 1 unspecified atom stereocenters. The van der Waals surface area contributed by atoms with Crippen molar-refractivity contribution < 1.29 is 4.74 Å². The predicted octanol–water partition coefficient (Wildman–Crippen LogP) is 3.70. The maximum absolute atomic E-state index is 6.04. The van der Waals surface area contributed by atoms with Gasteiger partial charge in [0.1, 0.15) is 11.9 Å². The van der Waals surface area contributed by atoms with Crippen molar-refractivity contribution in [2.24, 2.45) is 0 Å². The second kappa shape index (κ2) is 5.62. The number of hydrogen-bond acceptors (Lipinski definition) is 2. The quantitative estimate of drug-likeness (QED) is 0.826. The minimum Gasteiger partial charge on any atom is -0.489 e. The van der Waals surface area contributed by atoms with E-state index < -0.39 is 0 Å². The lowest BCUT2D eigenvalue weighted by molar-refractivity contribution is 0.162. The molecule has 0 N–H and O–H groups in total. The van der Waals surface area contributed by atoms with E-state index in [0.717, 1.165) is 12.3 Å². The van der Waals surface area contributed by atoms with Gasteiger partial charge in [0, 0.05) is 6.54 Å². The van der Waals surface area contributed by atoms with Crippen LogP contribution < -0.4 is 4.74 Å². The van der Waals surface area contributed by atoms with E-state index in [-0.39, 0.29) is 6.10 Å². The van der Waals surface area contributed by atoms with Crippen molar-refractivity contribution in [3.8, 4) is 5.75 Å². The molecule has 1 aliphatic heterocycles. The highest BCUT2D eigenvalue weighted by molar-refractivity contribution is 5.83. The van der Waals surface area contributed by atoms with E-state index in [1.165, 1.54) is 36.7 Å². The average molecular weight is 255 g/mol. The zero-order chi connectivity index (χ0) is 13.1. The van der Waals surface area contributed by atoms with Gasteiger partial charge in [-0.25, -0.2) is 0 Å². The van der Waals surface area contributed by atoms with Gasteiger partial charge in [-0.05, 0) is 55.8 Å². The maximum Gasteiger partial charge on any atom is 0.120 e. The molecular weight excluding hydrogens is 234 g/mol. The molecular formula is C17H21NO. The Morgan fingerprint density at radius 3 is 2.58 bits per heavy atom. The van der Waals surface area contributed by atoms with Gasteiger partial charge in [0.25, 0.3) is 0 Å². The van der Waals surface area contributed by atoms with Crippen LogP contribution in [0.4, 0.5) is 0 Å². The lowest BCUT2D eigenvalue weighted by Gasteiger charge is -2.21. The standard InChI is InChI=1S/C17H21NO/c1-14(13-18-10-4-5-11-18)19-17-9-8-15-6-2-3-7-16(15)12-17/h2-3,6-9,12,14H,4-5,10-11,13H2,1H3. The Hall–Kier alpha value is -1.54. The van der Waals surface area contributed by atoms with Crippen molar-refractivity contribution in [2.45, 2.75) is 25.9 Å². The van der Waals surface area contributed by atoms with Crippen LogP contribution in [0, 0.1) is 0 Å². The number of hydrogen-bond donors (Lipinski definition) is 0. The molecule has 1 atom stereocenters. The zero-order valence-corrected chi connectivity index (χ0v) is 11.5. The van der Waals surface area contributed by atoms with E-state index in [9.17, 15) is 0 Å². The van der Waals surface area contributed by atoms with Gasteiger partial charge in [0.15, 0.2) is 0 Å². The SMILES string of the molecule is CC(CN1CCCC1)Oc1ccc2ccccc2c1. The van der Waals surface area contributed by atoms with Gasteiger partial charge < -0.3 is 4.74 Å². The van der Waals surface area contributed by atoms with Gasteiger partial charge in [-0.1, -0.05) is 30.3 Å². The Labute approximate surface area is 115 Å². The van der Waals surface area contributed by atoms with E-state index >= 15 is 0 Å². The van der Waals surface area contributed by atoms with Crippen LogP contribution >= 0.6 is 0 Å². The highest BCUT2D eigenvalue weighted by Gasteiger charge is 2.15. The van der Waals surface area contributed by atoms with Crippen molar-refractivity contribution >= 4 is 10.8 Å². The van der Waals surface area contributed by atoms with E-state index in [4.69, 9.17) is 4.74 Å². The summed E-state index contributed by atoms with van der Waals surface area (Å²) >= 11 is 0. The van der Waals surface area contributed by atoms with Crippen molar-refractivity contribution in [2.75, 3.05) is 19.6 Å². The third-order valence-electron chi connectivity index (χ3n) is 3.77. The van der Waals surface area contributed by atoms with Crippen LogP contribution in [-0.2, 0) is 0 Å². The molecule has 0 spiro atoms. The van der Waals surface area contributed by atoms with Crippen LogP contribution in [0.3, 0.4) is 0 Å². The number of nitrogens with zero attached hydrogens (tertiary/aromatic N) is 1. The summed E-state index contributed by atoms with van der Waals surface area (Å²) in [6.45, 7) is 5.65. The summed E-state index contributed by atoms with van der Waals surface area (Å²) in [5.41, 5.74) is 0. The lowest BCUT2D eigenvalue weighted by Crippen LogP contribution is -2.31. The van der Waals surface area contributed by atoms with Gasteiger partial charge in [0.2, 0.25) is 0 Å². The van der Waals surface area contributed by atoms with E-state index in [1.54, 1.807) is 0 Å². The van der Waals surface area contributed by atoms with Crippen LogP contribution in [0.25, 0.3) is 10.8 Å². The molecule has 0 bridgehead atoms. The summed E-state index contributed by atoms with van der Waals surface area (Å²) in [4.78, 5) is 2.49. The first kappa shape index (κ1) is 12.5. The van der Waals surface area contributed by atoms with Gasteiger partial charge in [-0.15, -0.1) is 0 Å². The normalized spacial score (nSPS) is 17.7. The van der Waals surface area contributed by atoms with Crippen LogP contribution in [-0.4, -0.2) is 30.6 Å². The highest BCUT2D eigenvalue weighted by atomic mass is 16.5. The Morgan fingerprint density at radius 2 is 1.79 bits per heavy atom. The molecule has 0 radical (unpaired) electrons. The Morgan fingerprint density at radius 1 is 1.05 bits per heavy atom. The summed E-state index contributed by atoms with van der Waals surface area (Å²) in [7, 11) is 0. The van der Waals surface area contributed by atoms with Crippen molar-refractivity contribution in [1.82, 2.24) is 4.90 Å². The Balaban J connectivity index is 1.66. The molecule has 2 heteroatoms. The van der Waals surface area contributed by atoms with Crippen LogP contribution in [0.2, 0.25) is 0 Å². The van der Waals surface area contributed by atoms with Crippen molar-refractivity contribution in [1.29, 1.82) is 0 Å². The first-order valence-electron chi connectivity index (χ1n) is 7.19. The first-order chi connectivity index (χ1) is 9.31. The summed E-state index contributed by atoms with van der Waals surface area (Å²) in [6.07, 6.45) is 2.92. The van der Waals surface area contributed by atoms with Crippen molar-refractivity contribution in [3.05, 3.63) is 42.5 Å². The van der Waals surface area contributed by atoms with E-state index in [2.05, 4.69) is 54.3 Å². The lowest BCUT2D eigenvalue weighted by atomic mass is 10.1. The topological polar surface area (TPSA) is 12.5 Å². The Kier molecular flexibility index (Phi) is 3.69. The zero-order valence-electron chi connectivity index (χ0n) is 11.5. The smallest absolute Gasteiger partial charge is 0.120 e. The number of ether oxygens (including phenoxy) is 1. The summed E-state index contributed by atoms with van der Waals surface area (Å²) in [5, 5.41) is 2.51. The van der Waals surface area contributed by atoms with Gasteiger partial charge >= 0.3 is 0 Å². The fourth-order valence-corrected chi connectivity index (χ4v) is 2.84. The first-order valence-corrected chi connectivity index (χ1v) is 7.19.